The zero-order valence-electron chi connectivity index (χ0n) is 8.39. The number of allylic oxidation sites excluding steroid dienone is 4. The van der Waals surface area contributed by atoms with Crippen molar-refractivity contribution in [1.29, 1.82) is 0 Å². The molecule has 0 saturated heterocycles. The fourth-order valence-electron chi connectivity index (χ4n) is 1.38. The summed E-state index contributed by atoms with van der Waals surface area (Å²) in [6, 6.07) is 0. The van der Waals surface area contributed by atoms with Gasteiger partial charge in [0.1, 0.15) is 0 Å². The van der Waals surface area contributed by atoms with E-state index >= 15 is 0 Å². The van der Waals surface area contributed by atoms with Crippen LogP contribution in [-0.4, -0.2) is 5.71 Å². The Bertz CT molecular complexity index is 256. The van der Waals surface area contributed by atoms with E-state index in [1.165, 1.54) is 5.57 Å². The second-order valence-corrected chi connectivity index (χ2v) is 3.61. The molecule has 0 aromatic rings. The topological polar surface area (TPSA) is 12.4 Å². The molecule has 0 bridgehead atoms. The maximum atomic E-state index is 4.48. The van der Waals surface area contributed by atoms with Crippen LogP contribution in [-0.2, 0) is 0 Å². The first-order valence-corrected chi connectivity index (χ1v) is 4.50. The highest BCUT2D eigenvalue weighted by Gasteiger charge is 2.03. The van der Waals surface area contributed by atoms with Crippen molar-refractivity contribution in [3.8, 4) is 0 Å². The molecular formula is C11H17N. The van der Waals surface area contributed by atoms with E-state index in [9.17, 15) is 0 Å². The fraction of sp³-hybridized carbons (Fsp3) is 0.545. The van der Waals surface area contributed by atoms with E-state index in [1.54, 1.807) is 0 Å². The van der Waals surface area contributed by atoms with Crippen molar-refractivity contribution in [3.63, 3.8) is 0 Å². The van der Waals surface area contributed by atoms with Crippen molar-refractivity contribution in [2.75, 3.05) is 0 Å². The molecule has 1 aliphatic rings. The van der Waals surface area contributed by atoms with Gasteiger partial charge in [0.25, 0.3) is 0 Å². The second-order valence-electron chi connectivity index (χ2n) is 3.61. The molecule has 0 aliphatic carbocycles. The zero-order valence-corrected chi connectivity index (χ0v) is 8.39. The van der Waals surface area contributed by atoms with Crippen LogP contribution in [0.25, 0.3) is 0 Å². The standard InChI is InChI=1S/C11H17N/c1-8-5-6-9(2)11(4)12-10(3)7-8/h6-8H,5H2,1-4H3/b9-6+,10-7-,12-11-. The summed E-state index contributed by atoms with van der Waals surface area (Å²) in [6.07, 6.45) is 5.63. The molecule has 1 heterocycles. The lowest BCUT2D eigenvalue weighted by atomic mass is 10.0. The van der Waals surface area contributed by atoms with Crippen LogP contribution in [0.3, 0.4) is 0 Å². The average molecular weight is 163 g/mol. The summed E-state index contributed by atoms with van der Waals surface area (Å²) >= 11 is 0. The smallest absolute Gasteiger partial charge is 0.0401 e. The lowest BCUT2D eigenvalue weighted by Crippen LogP contribution is -1.99. The van der Waals surface area contributed by atoms with E-state index in [0.29, 0.717) is 5.92 Å². The molecular weight excluding hydrogens is 146 g/mol. The molecule has 1 heteroatoms. The van der Waals surface area contributed by atoms with Gasteiger partial charge in [-0.15, -0.1) is 0 Å². The quantitative estimate of drug-likeness (QED) is 0.519. The molecule has 0 aromatic heterocycles. The van der Waals surface area contributed by atoms with Gasteiger partial charge in [-0.1, -0.05) is 19.1 Å². The molecule has 66 valence electrons. The van der Waals surface area contributed by atoms with Crippen LogP contribution in [0.15, 0.2) is 28.4 Å². The minimum Gasteiger partial charge on any atom is -0.259 e. The van der Waals surface area contributed by atoms with Gasteiger partial charge >= 0.3 is 0 Å². The molecule has 0 spiro atoms. The summed E-state index contributed by atoms with van der Waals surface area (Å²) in [5.74, 6) is 0.622. The van der Waals surface area contributed by atoms with Gasteiger partial charge in [0.05, 0.1) is 0 Å². The minimum atomic E-state index is 0.622. The largest absolute Gasteiger partial charge is 0.259 e. The molecule has 1 atom stereocenters. The third-order valence-electron chi connectivity index (χ3n) is 2.24. The molecule has 0 N–H and O–H groups in total. The highest BCUT2D eigenvalue weighted by atomic mass is 14.7. The van der Waals surface area contributed by atoms with E-state index in [1.807, 2.05) is 0 Å². The van der Waals surface area contributed by atoms with Gasteiger partial charge in [-0.05, 0) is 38.7 Å². The number of rotatable bonds is 0. The molecule has 0 radical (unpaired) electrons. The summed E-state index contributed by atoms with van der Waals surface area (Å²) in [4.78, 5) is 4.48. The van der Waals surface area contributed by atoms with Crippen LogP contribution >= 0.6 is 0 Å². The van der Waals surface area contributed by atoms with Crippen molar-refractivity contribution < 1.29 is 0 Å². The normalized spacial score (nSPS) is 38.0. The van der Waals surface area contributed by atoms with E-state index < -0.39 is 0 Å². The second kappa shape index (κ2) is 3.70. The van der Waals surface area contributed by atoms with Gasteiger partial charge in [-0.2, -0.15) is 0 Å². The first-order valence-electron chi connectivity index (χ1n) is 4.50. The van der Waals surface area contributed by atoms with Crippen LogP contribution < -0.4 is 0 Å². The molecule has 0 aromatic carbocycles. The Balaban J connectivity index is 2.97. The molecule has 0 fully saturated rings. The van der Waals surface area contributed by atoms with Crippen LogP contribution in [0.5, 0.6) is 0 Å². The monoisotopic (exact) mass is 163 g/mol. The predicted octanol–water partition coefficient (Wildman–Crippen LogP) is 3.34. The molecule has 1 nitrogen and oxygen atoms in total. The van der Waals surface area contributed by atoms with Crippen molar-refractivity contribution in [2.45, 2.75) is 34.1 Å². The number of hydrogen-bond donors (Lipinski definition) is 0. The zero-order chi connectivity index (χ0) is 9.14. The van der Waals surface area contributed by atoms with Crippen LogP contribution in [0.1, 0.15) is 34.1 Å². The van der Waals surface area contributed by atoms with Gasteiger partial charge in [0.2, 0.25) is 0 Å². The third-order valence-corrected chi connectivity index (χ3v) is 2.24. The molecule has 1 aliphatic heterocycles. The lowest BCUT2D eigenvalue weighted by molar-refractivity contribution is 0.732. The Kier molecular flexibility index (Phi) is 2.85. The van der Waals surface area contributed by atoms with E-state index in [-0.39, 0.29) is 0 Å². The highest BCUT2D eigenvalue weighted by Crippen LogP contribution is 2.15. The van der Waals surface area contributed by atoms with E-state index in [0.717, 1.165) is 17.8 Å². The maximum absolute atomic E-state index is 4.48. The van der Waals surface area contributed by atoms with E-state index in [2.05, 4.69) is 44.8 Å². The molecule has 0 amide bonds. The Morgan fingerprint density at radius 1 is 1.33 bits per heavy atom. The average Bonchev–Trinajstić information content (AvgIpc) is 1.98. The number of nitrogens with zero attached hydrogens (tertiary/aromatic N) is 1. The summed E-state index contributed by atoms with van der Waals surface area (Å²) < 4.78 is 0. The Morgan fingerprint density at radius 2 is 2.00 bits per heavy atom. The Morgan fingerprint density at radius 3 is 2.67 bits per heavy atom. The number of aliphatic imine (C=N–C) groups is 1. The van der Waals surface area contributed by atoms with Gasteiger partial charge in [0, 0.05) is 11.4 Å². The SMILES string of the molecule is CC1=C/C(C)C/C=C(C)/C(C)=N\1. The van der Waals surface area contributed by atoms with E-state index in [4.69, 9.17) is 0 Å². The predicted molar refractivity (Wildman–Crippen MR) is 54.4 cm³/mol. The molecule has 12 heavy (non-hydrogen) atoms. The van der Waals surface area contributed by atoms with Crippen molar-refractivity contribution in [3.05, 3.63) is 23.4 Å². The van der Waals surface area contributed by atoms with Crippen LogP contribution in [0, 0.1) is 5.92 Å². The molecule has 0 saturated carbocycles. The van der Waals surface area contributed by atoms with Crippen molar-refractivity contribution >= 4 is 5.71 Å². The number of hydrogen-bond acceptors (Lipinski definition) is 1. The maximum Gasteiger partial charge on any atom is 0.0401 e. The van der Waals surface area contributed by atoms with Gasteiger partial charge in [-0.25, -0.2) is 0 Å². The summed E-state index contributed by atoms with van der Waals surface area (Å²) in [6.45, 7) is 8.49. The fourth-order valence-corrected chi connectivity index (χ4v) is 1.38. The first kappa shape index (κ1) is 9.24. The molecule has 1 rings (SSSR count). The highest BCUT2D eigenvalue weighted by molar-refractivity contribution is 5.98. The van der Waals surface area contributed by atoms with Gasteiger partial charge in [-0.3, -0.25) is 4.99 Å². The summed E-state index contributed by atoms with van der Waals surface area (Å²) in [7, 11) is 0. The Hall–Kier alpha value is -0.850. The lowest BCUT2D eigenvalue weighted by Gasteiger charge is -2.09. The third kappa shape index (κ3) is 2.33. The summed E-state index contributed by atoms with van der Waals surface area (Å²) in [5, 5.41) is 0. The van der Waals surface area contributed by atoms with Gasteiger partial charge in [0.15, 0.2) is 0 Å². The first-order chi connectivity index (χ1) is 5.59. The van der Waals surface area contributed by atoms with Crippen LogP contribution in [0.4, 0.5) is 0 Å². The minimum absolute atomic E-state index is 0.622. The summed E-state index contributed by atoms with van der Waals surface area (Å²) in [5.41, 5.74) is 3.61. The van der Waals surface area contributed by atoms with Crippen molar-refractivity contribution in [2.24, 2.45) is 10.9 Å². The Labute approximate surface area is 74.9 Å². The van der Waals surface area contributed by atoms with Gasteiger partial charge < -0.3 is 0 Å². The van der Waals surface area contributed by atoms with Crippen LogP contribution in [0.2, 0.25) is 0 Å². The van der Waals surface area contributed by atoms with Crippen molar-refractivity contribution in [1.82, 2.24) is 0 Å². The molecule has 1 unspecified atom stereocenters.